The Morgan fingerprint density at radius 2 is 2.00 bits per heavy atom. The molecule has 0 saturated carbocycles. The van der Waals surface area contributed by atoms with Crippen LogP contribution in [0.5, 0.6) is 0 Å². The van der Waals surface area contributed by atoms with Gasteiger partial charge in [-0.25, -0.2) is 0 Å². The number of nitrogens with one attached hydrogen (secondary N) is 3. The highest BCUT2D eigenvalue weighted by atomic mass is 35.5. The zero-order valence-corrected chi connectivity index (χ0v) is 13.2. The van der Waals surface area contributed by atoms with Crippen molar-refractivity contribution in [3.8, 4) is 0 Å². The second-order valence-corrected chi connectivity index (χ2v) is 5.23. The number of nitro groups is 1. The number of anilines is 1. The number of halogens is 1. The third-order valence-corrected chi connectivity index (χ3v) is 3.77. The average molecular weight is 329 g/mol. The molecule has 1 fully saturated rings. The highest BCUT2D eigenvalue weighted by molar-refractivity contribution is 5.85. The van der Waals surface area contributed by atoms with Crippen LogP contribution in [0.25, 0.3) is 0 Å². The molecule has 1 amide bonds. The molecule has 0 aromatic heterocycles. The van der Waals surface area contributed by atoms with Crippen molar-refractivity contribution in [2.45, 2.75) is 6.92 Å². The molecule has 8 heteroatoms. The number of nitro benzene ring substituents is 1. The molecular weight excluding hydrogens is 308 g/mol. The molecule has 1 atom stereocenters. The van der Waals surface area contributed by atoms with E-state index < -0.39 is 4.92 Å². The normalized spacial score (nSPS) is 15.1. The first-order valence-corrected chi connectivity index (χ1v) is 7.04. The molecular formula is C14H21ClN4O3. The summed E-state index contributed by atoms with van der Waals surface area (Å²) in [5.41, 5.74) is 0.864. The van der Waals surface area contributed by atoms with Crippen LogP contribution >= 0.6 is 12.4 Å². The van der Waals surface area contributed by atoms with E-state index in [1.807, 2.05) is 6.92 Å². The lowest BCUT2D eigenvalue weighted by Gasteiger charge is -2.31. The smallest absolute Gasteiger partial charge is 0.269 e. The van der Waals surface area contributed by atoms with E-state index in [1.165, 1.54) is 12.1 Å². The number of non-ortho nitro benzene ring substituents is 1. The fraction of sp³-hybridized carbons (Fsp3) is 0.500. The molecule has 22 heavy (non-hydrogen) atoms. The zero-order valence-electron chi connectivity index (χ0n) is 12.4. The van der Waals surface area contributed by atoms with Gasteiger partial charge in [0.1, 0.15) is 0 Å². The molecule has 122 valence electrons. The predicted octanol–water partition coefficient (Wildman–Crippen LogP) is 1.40. The third kappa shape index (κ3) is 4.85. The van der Waals surface area contributed by atoms with Gasteiger partial charge in [-0.2, -0.15) is 0 Å². The van der Waals surface area contributed by atoms with Gasteiger partial charge in [-0.3, -0.25) is 14.9 Å². The Labute approximate surface area is 135 Å². The fourth-order valence-corrected chi connectivity index (χ4v) is 2.13. The number of rotatable bonds is 7. The van der Waals surface area contributed by atoms with Crippen LogP contribution < -0.4 is 16.0 Å². The Bertz CT molecular complexity index is 505. The van der Waals surface area contributed by atoms with Crippen molar-refractivity contribution < 1.29 is 9.72 Å². The summed E-state index contributed by atoms with van der Waals surface area (Å²) in [6, 6.07) is 6.21. The Hall–Kier alpha value is -1.86. The molecule has 0 radical (unpaired) electrons. The van der Waals surface area contributed by atoms with Crippen molar-refractivity contribution in [1.29, 1.82) is 0 Å². The van der Waals surface area contributed by atoms with Crippen LogP contribution in [0.15, 0.2) is 24.3 Å². The Morgan fingerprint density at radius 1 is 1.36 bits per heavy atom. The first-order valence-electron chi connectivity index (χ1n) is 7.04. The topological polar surface area (TPSA) is 96.3 Å². The maximum atomic E-state index is 11.9. The molecule has 3 N–H and O–H groups in total. The van der Waals surface area contributed by atoms with Crippen LogP contribution in [0, 0.1) is 22.0 Å². The SMILES string of the molecule is CC(C(=O)NCCNc1ccc([N+](=O)[O-])cc1)C1CNC1.Cl. The number of carbonyl (C=O) groups excluding carboxylic acids is 1. The summed E-state index contributed by atoms with van der Waals surface area (Å²) in [5.74, 6) is 0.547. The molecule has 0 bridgehead atoms. The van der Waals surface area contributed by atoms with Gasteiger partial charge >= 0.3 is 0 Å². The molecule has 1 heterocycles. The van der Waals surface area contributed by atoms with Gasteiger partial charge in [-0.05, 0) is 31.1 Å². The van der Waals surface area contributed by atoms with Gasteiger partial charge in [0, 0.05) is 36.8 Å². The highest BCUT2D eigenvalue weighted by Gasteiger charge is 2.28. The van der Waals surface area contributed by atoms with Gasteiger partial charge in [-0.15, -0.1) is 12.4 Å². The molecule has 1 aliphatic rings. The Morgan fingerprint density at radius 3 is 2.50 bits per heavy atom. The third-order valence-electron chi connectivity index (χ3n) is 3.77. The quantitative estimate of drug-likeness (QED) is 0.399. The van der Waals surface area contributed by atoms with Crippen LogP contribution in [-0.4, -0.2) is 37.0 Å². The Kier molecular flexibility index (Phi) is 7.07. The Balaban J connectivity index is 0.00000242. The van der Waals surface area contributed by atoms with Gasteiger partial charge in [0.15, 0.2) is 0 Å². The predicted molar refractivity (Wildman–Crippen MR) is 87.4 cm³/mol. The largest absolute Gasteiger partial charge is 0.383 e. The van der Waals surface area contributed by atoms with Crippen molar-refractivity contribution in [3.05, 3.63) is 34.4 Å². The van der Waals surface area contributed by atoms with Crippen molar-refractivity contribution in [2.75, 3.05) is 31.5 Å². The van der Waals surface area contributed by atoms with Crippen molar-refractivity contribution in [3.63, 3.8) is 0 Å². The fourth-order valence-electron chi connectivity index (χ4n) is 2.13. The average Bonchev–Trinajstić information content (AvgIpc) is 2.42. The summed E-state index contributed by atoms with van der Waals surface area (Å²) in [6.07, 6.45) is 0. The molecule has 7 nitrogen and oxygen atoms in total. The zero-order chi connectivity index (χ0) is 15.2. The minimum Gasteiger partial charge on any atom is -0.383 e. The summed E-state index contributed by atoms with van der Waals surface area (Å²) in [6.45, 7) is 4.88. The lowest BCUT2D eigenvalue weighted by Crippen LogP contribution is -2.50. The van der Waals surface area contributed by atoms with Gasteiger partial charge in [0.05, 0.1) is 4.92 Å². The molecule has 1 aromatic rings. The highest BCUT2D eigenvalue weighted by Crippen LogP contribution is 2.16. The molecule has 1 saturated heterocycles. The lowest BCUT2D eigenvalue weighted by atomic mass is 9.88. The molecule has 0 spiro atoms. The van der Waals surface area contributed by atoms with Crippen LogP contribution in [0.4, 0.5) is 11.4 Å². The van der Waals surface area contributed by atoms with E-state index in [0.717, 1.165) is 18.8 Å². The first kappa shape index (κ1) is 18.2. The van der Waals surface area contributed by atoms with Gasteiger partial charge < -0.3 is 16.0 Å². The van der Waals surface area contributed by atoms with Crippen molar-refractivity contribution >= 4 is 29.7 Å². The van der Waals surface area contributed by atoms with Gasteiger partial charge in [-0.1, -0.05) is 6.92 Å². The van der Waals surface area contributed by atoms with Crippen LogP contribution in [-0.2, 0) is 4.79 Å². The minimum atomic E-state index is -0.430. The van der Waals surface area contributed by atoms with E-state index in [-0.39, 0.29) is 29.9 Å². The maximum Gasteiger partial charge on any atom is 0.269 e. The van der Waals surface area contributed by atoms with Gasteiger partial charge in [0.2, 0.25) is 5.91 Å². The molecule has 1 aliphatic heterocycles. The number of amides is 1. The van der Waals surface area contributed by atoms with E-state index in [0.29, 0.717) is 19.0 Å². The lowest BCUT2D eigenvalue weighted by molar-refractivity contribution is -0.384. The number of carbonyl (C=O) groups is 1. The minimum absolute atomic E-state index is 0. The summed E-state index contributed by atoms with van der Waals surface area (Å²) < 4.78 is 0. The van der Waals surface area contributed by atoms with Gasteiger partial charge in [0.25, 0.3) is 5.69 Å². The van der Waals surface area contributed by atoms with E-state index in [1.54, 1.807) is 12.1 Å². The van der Waals surface area contributed by atoms with E-state index in [9.17, 15) is 14.9 Å². The molecule has 1 aromatic carbocycles. The van der Waals surface area contributed by atoms with Crippen LogP contribution in [0.2, 0.25) is 0 Å². The molecule has 0 aliphatic carbocycles. The second-order valence-electron chi connectivity index (χ2n) is 5.23. The van der Waals surface area contributed by atoms with E-state index >= 15 is 0 Å². The maximum absolute atomic E-state index is 11.9. The number of nitrogens with zero attached hydrogens (tertiary/aromatic N) is 1. The second kappa shape index (κ2) is 8.55. The standard InChI is InChI=1S/C14H20N4O3.ClH/c1-10(11-8-15-9-11)14(19)17-7-6-16-12-2-4-13(5-3-12)18(20)21;/h2-5,10-11,15-16H,6-9H2,1H3,(H,17,19);1H. The summed E-state index contributed by atoms with van der Waals surface area (Å²) in [5, 5.41) is 19.7. The summed E-state index contributed by atoms with van der Waals surface area (Å²) >= 11 is 0. The van der Waals surface area contributed by atoms with Crippen LogP contribution in [0.3, 0.4) is 0 Å². The number of hydrogen-bond donors (Lipinski definition) is 3. The van der Waals surface area contributed by atoms with Crippen molar-refractivity contribution in [2.24, 2.45) is 11.8 Å². The van der Waals surface area contributed by atoms with Crippen molar-refractivity contribution in [1.82, 2.24) is 10.6 Å². The summed E-state index contributed by atoms with van der Waals surface area (Å²) in [7, 11) is 0. The monoisotopic (exact) mass is 328 g/mol. The number of hydrogen-bond acceptors (Lipinski definition) is 5. The molecule has 1 unspecified atom stereocenters. The first-order chi connectivity index (χ1) is 10.1. The van der Waals surface area contributed by atoms with E-state index in [4.69, 9.17) is 0 Å². The number of benzene rings is 1. The van der Waals surface area contributed by atoms with E-state index in [2.05, 4.69) is 16.0 Å². The molecule has 2 rings (SSSR count). The van der Waals surface area contributed by atoms with Crippen LogP contribution in [0.1, 0.15) is 6.92 Å². The summed E-state index contributed by atoms with van der Waals surface area (Å²) in [4.78, 5) is 22.0.